The van der Waals surface area contributed by atoms with Gasteiger partial charge >= 0.3 is 5.97 Å². The molecule has 3 heterocycles. The van der Waals surface area contributed by atoms with E-state index in [-0.39, 0.29) is 12.2 Å². The molecule has 1 aliphatic heterocycles. The van der Waals surface area contributed by atoms with Gasteiger partial charge in [-0.2, -0.15) is 0 Å². The summed E-state index contributed by atoms with van der Waals surface area (Å²) in [6.45, 7) is 3.72. The Labute approximate surface area is 239 Å². The summed E-state index contributed by atoms with van der Waals surface area (Å²) in [6, 6.07) is 16.1. The highest BCUT2D eigenvalue weighted by Gasteiger charge is 2.33. The minimum Gasteiger partial charge on any atom is -0.497 e. The molecule has 0 saturated heterocycles. The molecule has 0 N–H and O–H groups in total. The summed E-state index contributed by atoms with van der Waals surface area (Å²) in [5.74, 6) is 1.36. The fourth-order valence-electron chi connectivity index (χ4n) is 4.28. The van der Waals surface area contributed by atoms with Crippen LogP contribution in [0.25, 0.3) is 17.4 Å². The van der Waals surface area contributed by atoms with Crippen molar-refractivity contribution in [1.82, 2.24) is 4.57 Å². The van der Waals surface area contributed by atoms with Gasteiger partial charge in [-0.15, -0.1) is 0 Å². The van der Waals surface area contributed by atoms with Crippen molar-refractivity contribution in [2.24, 2.45) is 4.99 Å². The number of methoxy groups -OCH3 is 1. The standard InChI is InChI=1S/C28H22Br2N2O5S/c1-4-36-27(34)24-15(2)31-28-32(25(24)16-5-8-18(35-3)9-6-16)26(33)23(38-28)14-19-10-12-22(37-19)20-13-17(29)7-11-21(20)30/h5-14,25H,4H2,1-3H3/b23-14+/t25-/m0/s1. The van der Waals surface area contributed by atoms with E-state index in [9.17, 15) is 9.59 Å². The third kappa shape index (κ3) is 4.95. The van der Waals surface area contributed by atoms with Crippen LogP contribution in [-0.4, -0.2) is 24.3 Å². The van der Waals surface area contributed by atoms with Gasteiger partial charge in [-0.25, -0.2) is 9.79 Å². The zero-order valence-electron chi connectivity index (χ0n) is 20.7. The number of esters is 1. The Morgan fingerprint density at radius 3 is 2.63 bits per heavy atom. The van der Waals surface area contributed by atoms with Gasteiger partial charge in [0, 0.05) is 20.6 Å². The number of allylic oxidation sites excluding steroid dienone is 1. The van der Waals surface area contributed by atoms with Crippen LogP contribution in [0.3, 0.4) is 0 Å². The van der Waals surface area contributed by atoms with Crippen molar-refractivity contribution < 1.29 is 18.7 Å². The molecule has 0 saturated carbocycles. The van der Waals surface area contributed by atoms with Crippen molar-refractivity contribution in [3.8, 4) is 17.1 Å². The first kappa shape index (κ1) is 26.4. The number of carbonyl (C=O) groups excluding carboxylic acids is 1. The fourth-order valence-corrected chi connectivity index (χ4v) is 6.11. The number of hydrogen-bond donors (Lipinski definition) is 0. The second kappa shape index (κ2) is 10.9. The predicted octanol–water partition coefficient (Wildman–Crippen LogP) is 5.59. The zero-order chi connectivity index (χ0) is 27.0. The second-order valence-corrected chi connectivity index (χ2v) is 11.2. The molecule has 0 radical (unpaired) electrons. The summed E-state index contributed by atoms with van der Waals surface area (Å²) in [5, 5.41) is 0. The Bertz CT molecular complexity index is 1750. The Balaban J connectivity index is 1.64. The van der Waals surface area contributed by atoms with E-state index in [1.54, 1.807) is 43.7 Å². The van der Waals surface area contributed by atoms with Crippen LogP contribution in [-0.2, 0) is 9.53 Å². The first-order chi connectivity index (χ1) is 18.3. The van der Waals surface area contributed by atoms with E-state index < -0.39 is 12.0 Å². The molecule has 38 heavy (non-hydrogen) atoms. The van der Waals surface area contributed by atoms with Crippen molar-refractivity contribution in [3.63, 3.8) is 0 Å². The topological polar surface area (TPSA) is 83.0 Å². The molecule has 4 aromatic rings. The summed E-state index contributed by atoms with van der Waals surface area (Å²) in [4.78, 5) is 31.9. The van der Waals surface area contributed by atoms with Crippen molar-refractivity contribution in [1.29, 1.82) is 0 Å². The molecule has 0 amide bonds. The maximum atomic E-state index is 13.8. The summed E-state index contributed by atoms with van der Waals surface area (Å²) in [6.07, 6.45) is 1.70. The predicted molar refractivity (Wildman–Crippen MR) is 153 cm³/mol. The van der Waals surface area contributed by atoms with Gasteiger partial charge in [0.2, 0.25) is 0 Å². The zero-order valence-corrected chi connectivity index (χ0v) is 24.6. The first-order valence-corrected chi connectivity index (χ1v) is 14.1. The molecule has 10 heteroatoms. The third-order valence-corrected chi connectivity index (χ3v) is 8.21. The number of nitrogens with zero attached hydrogens (tertiary/aromatic N) is 2. The van der Waals surface area contributed by atoms with Crippen LogP contribution >= 0.6 is 43.2 Å². The average Bonchev–Trinajstić information content (AvgIpc) is 3.49. The monoisotopic (exact) mass is 656 g/mol. The van der Waals surface area contributed by atoms with Crippen LogP contribution in [0.5, 0.6) is 5.75 Å². The highest BCUT2D eigenvalue weighted by Crippen LogP contribution is 2.33. The van der Waals surface area contributed by atoms with E-state index in [0.29, 0.717) is 37.9 Å². The maximum absolute atomic E-state index is 13.8. The van der Waals surface area contributed by atoms with E-state index in [4.69, 9.17) is 13.9 Å². The highest BCUT2D eigenvalue weighted by molar-refractivity contribution is 9.11. The summed E-state index contributed by atoms with van der Waals surface area (Å²) in [7, 11) is 1.58. The number of fused-ring (bicyclic) bond motifs is 1. The third-order valence-electron chi connectivity index (χ3n) is 6.04. The van der Waals surface area contributed by atoms with Crippen LogP contribution in [0.4, 0.5) is 0 Å². The SMILES string of the molecule is CCOC(=O)C1=C(C)N=c2s/c(=C/c3ccc(-c4cc(Br)ccc4Br)o3)c(=O)n2[C@H]1c1ccc(OC)cc1. The van der Waals surface area contributed by atoms with Gasteiger partial charge in [0.25, 0.3) is 5.56 Å². The molecule has 7 nitrogen and oxygen atoms in total. The van der Waals surface area contributed by atoms with Gasteiger partial charge in [0.05, 0.1) is 35.6 Å². The van der Waals surface area contributed by atoms with Gasteiger partial charge in [-0.3, -0.25) is 9.36 Å². The van der Waals surface area contributed by atoms with E-state index >= 15 is 0 Å². The Kier molecular flexibility index (Phi) is 7.56. The molecule has 0 spiro atoms. The average molecular weight is 658 g/mol. The van der Waals surface area contributed by atoms with Crippen LogP contribution in [0, 0.1) is 0 Å². The number of rotatable bonds is 6. The number of aromatic nitrogens is 1. The number of benzene rings is 2. The summed E-state index contributed by atoms with van der Waals surface area (Å²) >= 11 is 8.30. The highest BCUT2D eigenvalue weighted by atomic mass is 79.9. The molecule has 2 aromatic heterocycles. The number of furan rings is 1. The minimum atomic E-state index is -0.692. The van der Waals surface area contributed by atoms with E-state index in [1.807, 2.05) is 42.5 Å². The maximum Gasteiger partial charge on any atom is 0.338 e. The lowest BCUT2D eigenvalue weighted by Crippen LogP contribution is -2.39. The number of hydrogen-bond acceptors (Lipinski definition) is 7. The van der Waals surface area contributed by atoms with Crippen LogP contribution in [0.15, 0.2) is 89.0 Å². The molecule has 1 aliphatic rings. The van der Waals surface area contributed by atoms with E-state index in [1.165, 1.54) is 11.3 Å². The Morgan fingerprint density at radius 1 is 1.16 bits per heavy atom. The Hall–Kier alpha value is -3.21. The molecule has 0 fully saturated rings. The lowest BCUT2D eigenvalue weighted by molar-refractivity contribution is -0.139. The van der Waals surface area contributed by atoms with Crippen LogP contribution in [0.2, 0.25) is 0 Å². The Morgan fingerprint density at radius 2 is 1.92 bits per heavy atom. The van der Waals surface area contributed by atoms with Gasteiger partial charge in [-0.05, 0) is 61.9 Å². The summed E-state index contributed by atoms with van der Waals surface area (Å²) in [5.41, 5.74) is 2.20. The van der Waals surface area contributed by atoms with Gasteiger partial charge in [0.1, 0.15) is 17.3 Å². The number of thiazole rings is 1. The minimum absolute atomic E-state index is 0.213. The van der Waals surface area contributed by atoms with Gasteiger partial charge < -0.3 is 13.9 Å². The largest absolute Gasteiger partial charge is 0.497 e. The lowest BCUT2D eigenvalue weighted by Gasteiger charge is -2.24. The molecule has 0 aliphatic carbocycles. The summed E-state index contributed by atoms with van der Waals surface area (Å²) < 4.78 is 20.5. The van der Waals surface area contributed by atoms with E-state index in [2.05, 4.69) is 36.9 Å². The van der Waals surface area contributed by atoms with Crippen molar-refractivity contribution in [3.05, 3.63) is 106 Å². The molecule has 5 rings (SSSR count). The number of carbonyl (C=O) groups is 1. The van der Waals surface area contributed by atoms with Crippen molar-refractivity contribution >= 4 is 55.2 Å². The second-order valence-electron chi connectivity index (χ2n) is 8.40. The number of halogens is 2. The van der Waals surface area contributed by atoms with Crippen LogP contribution < -0.4 is 19.6 Å². The van der Waals surface area contributed by atoms with E-state index in [0.717, 1.165) is 20.1 Å². The van der Waals surface area contributed by atoms with Crippen molar-refractivity contribution in [2.45, 2.75) is 19.9 Å². The molecule has 0 bridgehead atoms. The van der Waals surface area contributed by atoms with Gasteiger partial charge in [0.15, 0.2) is 4.80 Å². The smallest absolute Gasteiger partial charge is 0.338 e. The molecular formula is C28H22Br2N2O5S. The normalized spacial score (nSPS) is 15.3. The molecule has 0 unspecified atom stereocenters. The molecule has 194 valence electrons. The van der Waals surface area contributed by atoms with Crippen molar-refractivity contribution in [2.75, 3.05) is 13.7 Å². The quantitative estimate of drug-likeness (QED) is 0.253. The van der Waals surface area contributed by atoms with Gasteiger partial charge in [-0.1, -0.05) is 55.3 Å². The van der Waals surface area contributed by atoms with Crippen LogP contribution in [0.1, 0.15) is 31.2 Å². The first-order valence-electron chi connectivity index (χ1n) is 11.7. The lowest BCUT2D eigenvalue weighted by atomic mass is 9.96. The molecular weight excluding hydrogens is 636 g/mol. The molecule has 1 atom stereocenters. The number of ether oxygens (including phenoxy) is 2. The fraction of sp³-hybridized carbons (Fsp3) is 0.179. The molecule has 2 aromatic carbocycles.